The molecule has 0 fully saturated rings. The van der Waals surface area contributed by atoms with Crippen molar-refractivity contribution >= 4 is 6.09 Å². The van der Waals surface area contributed by atoms with E-state index in [2.05, 4.69) is 21.9 Å². The van der Waals surface area contributed by atoms with Gasteiger partial charge in [0.2, 0.25) is 0 Å². The normalized spacial score (nSPS) is 10.4. The highest BCUT2D eigenvalue weighted by Crippen LogP contribution is 2.22. The number of amides is 1. The first kappa shape index (κ1) is 19.2. The van der Waals surface area contributed by atoms with Gasteiger partial charge in [-0.15, -0.1) is 13.2 Å². The molecular weight excluding hydrogens is 347 g/mol. The molecule has 0 heterocycles. The van der Waals surface area contributed by atoms with Crippen LogP contribution in [-0.2, 0) is 11.3 Å². The number of ether oxygens (including phenoxy) is 2. The molecule has 2 aromatic rings. The zero-order chi connectivity index (χ0) is 18.8. The second kappa shape index (κ2) is 9.37. The number of benzene rings is 2. The van der Waals surface area contributed by atoms with Crippen LogP contribution in [0.25, 0.3) is 0 Å². The molecule has 4 nitrogen and oxygen atoms in total. The maximum absolute atomic E-state index is 12.2. The number of halogens is 3. The Kier molecular flexibility index (Phi) is 6.92. The van der Waals surface area contributed by atoms with E-state index in [-0.39, 0.29) is 18.9 Å². The molecule has 0 aromatic heterocycles. The fourth-order valence-corrected chi connectivity index (χ4v) is 1.94. The minimum absolute atomic E-state index is 0.171. The fraction of sp³-hybridized carbons (Fsp3) is 0.211. The van der Waals surface area contributed by atoms with Gasteiger partial charge in [0.1, 0.15) is 12.4 Å². The van der Waals surface area contributed by atoms with Gasteiger partial charge < -0.3 is 14.8 Å². The number of alkyl carbamates (subject to hydrolysis) is 1. The average molecular weight is 363 g/mol. The van der Waals surface area contributed by atoms with Crippen LogP contribution >= 0.6 is 0 Å². The van der Waals surface area contributed by atoms with Crippen molar-refractivity contribution in [2.45, 2.75) is 19.4 Å². The standard InChI is InChI=1S/C19H16F3NO3/c20-19(21,22)26-17-11-6-10-15(13-17)7-4-5-12-23-18(24)25-14-16-8-2-1-3-9-16/h1-3,6,8-11,13H,5,12,14H2,(H,23,24). The quantitative estimate of drug-likeness (QED) is 0.638. The molecule has 0 unspecified atom stereocenters. The van der Waals surface area contributed by atoms with Gasteiger partial charge in [-0.3, -0.25) is 0 Å². The van der Waals surface area contributed by atoms with Crippen molar-refractivity contribution in [1.82, 2.24) is 5.32 Å². The third-order valence-corrected chi connectivity index (χ3v) is 3.03. The predicted molar refractivity (Wildman–Crippen MR) is 89.2 cm³/mol. The minimum atomic E-state index is -4.74. The molecule has 2 rings (SSSR count). The van der Waals surface area contributed by atoms with Crippen LogP contribution < -0.4 is 10.1 Å². The van der Waals surface area contributed by atoms with Gasteiger partial charge in [-0.25, -0.2) is 4.79 Å². The lowest BCUT2D eigenvalue weighted by Crippen LogP contribution is -2.24. The molecule has 2 aromatic carbocycles. The molecule has 136 valence electrons. The Balaban J connectivity index is 1.71. The highest BCUT2D eigenvalue weighted by Gasteiger charge is 2.31. The summed E-state index contributed by atoms with van der Waals surface area (Å²) in [6.45, 7) is 0.434. The average Bonchev–Trinajstić information content (AvgIpc) is 2.59. The lowest BCUT2D eigenvalue weighted by molar-refractivity contribution is -0.274. The molecule has 0 spiro atoms. The van der Waals surface area contributed by atoms with Crippen molar-refractivity contribution in [3.63, 3.8) is 0 Å². The summed E-state index contributed by atoms with van der Waals surface area (Å²) in [7, 11) is 0. The smallest absolute Gasteiger partial charge is 0.445 e. The topological polar surface area (TPSA) is 47.6 Å². The predicted octanol–water partition coefficient (Wildman–Crippen LogP) is 4.25. The number of carbonyl (C=O) groups excluding carboxylic acids is 1. The number of rotatable bonds is 5. The van der Waals surface area contributed by atoms with Crippen molar-refractivity contribution < 1.29 is 27.4 Å². The van der Waals surface area contributed by atoms with Crippen LogP contribution in [0.1, 0.15) is 17.5 Å². The molecule has 1 amide bonds. The van der Waals surface area contributed by atoms with E-state index in [1.807, 2.05) is 30.3 Å². The molecule has 26 heavy (non-hydrogen) atoms. The van der Waals surface area contributed by atoms with Gasteiger partial charge in [0, 0.05) is 18.5 Å². The van der Waals surface area contributed by atoms with Crippen molar-refractivity contribution in [2.24, 2.45) is 0 Å². The van der Waals surface area contributed by atoms with E-state index in [9.17, 15) is 18.0 Å². The fourth-order valence-electron chi connectivity index (χ4n) is 1.94. The van der Waals surface area contributed by atoms with Crippen LogP contribution in [0, 0.1) is 11.8 Å². The Morgan fingerprint density at radius 3 is 2.58 bits per heavy atom. The number of hydrogen-bond acceptors (Lipinski definition) is 3. The van der Waals surface area contributed by atoms with E-state index in [0.717, 1.165) is 5.56 Å². The molecule has 0 bridgehead atoms. The minimum Gasteiger partial charge on any atom is -0.445 e. The van der Waals surface area contributed by atoms with Crippen LogP contribution in [0.2, 0.25) is 0 Å². The first-order valence-electron chi connectivity index (χ1n) is 7.71. The number of nitrogens with one attached hydrogen (secondary N) is 1. The molecule has 0 radical (unpaired) electrons. The SMILES string of the molecule is O=C(NCCC#Cc1cccc(OC(F)(F)F)c1)OCc1ccccc1. The molecule has 0 aliphatic carbocycles. The van der Waals surface area contributed by atoms with Crippen molar-refractivity contribution in [3.8, 4) is 17.6 Å². The van der Waals surface area contributed by atoms with Gasteiger partial charge in [0.05, 0.1) is 0 Å². The Bertz CT molecular complexity index is 780. The summed E-state index contributed by atoms with van der Waals surface area (Å²) in [6.07, 6.45) is -4.97. The van der Waals surface area contributed by atoms with Gasteiger partial charge in [0.15, 0.2) is 0 Å². The van der Waals surface area contributed by atoms with E-state index in [1.54, 1.807) is 6.07 Å². The third kappa shape index (κ3) is 7.62. The van der Waals surface area contributed by atoms with Gasteiger partial charge in [-0.1, -0.05) is 48.2 Å². The molecule has 0 aliphatic rings. The summed E-state index contributed by atoms with van der Waals surface area (Å²) in [5.74, 6) is 5.15. The van der Waals surface area contributed by atoms with E-state index < -0.39 is 12.5 Å². The van der Waals surface area contributed by atoms with Crippen LogP contribution in [0.5, 0.6) is 5.75 Å². The Morgan fingerprint density at radius 1 is 1.08 bits per heavy atom. The summed E-state index contributed by atoms with van der Waals surface area (Å²) in [5, 5.41) is 2.54. The maximum Gasteiger partial charge on any atom is 0.573 e. The molecular formula is C19H16F3NO3. The van der Waals surface area contributed by atoms with E-state index in [0.29, 0.717) is 12.0 Å². The van der Waals surface area contributed by atoms with Crippen LogP contribution in [-0.4, -0.2) is 19.0 Å². The molecule has 1 N–H and O–H groups in total. The second-order valence-corrected chi connectivity index (χ2v) is 5.12. The summed E-state index contributed by atoms with van der Waals surface area (Å²) in [4.78, 5) is 11.5. The van der Waals surface area contributed by atoms with Crippen molar-refractivity contribution in [1.29, 1.82) is 0 Å². The summed E-state index contributed by atoms with van der Waals surface area (Å²) < 4.78 is 45.3. The number of carbonyl (C=O) groups is 1. The lowest BCUT2D eigenvalue weighted by Gasteiger charge is -2.08. The van der Waals surface area contributed by atoms with E-state index in [1.165, 1.54) is 18.2 Å². The van der Waals surface area contributed by atoms with Gasteiger partial charge in [-0.05, 0) is 23.8 Å². The largest absolute Gasteiger partial charge is 0.573 e. The van der Waals surface area contributed by atoms with Crippen LogP contribution in [0.3, 0.4) is 0 Å². The first-order valence-corrected chi connectivity index (χ1v) is 7.71. The Labute approximate surface area is 148 Å². The highest BCUT2D eigenvalue weighted by atomic mass is 19.4. The second-order valence-electron chi connectivity index (χ2n) is 5.12. The molecule has 0 saturated heterocycles. The zero-order valence-corrected chi connectivity index (χ0v) is 13.7. The van der Waals surface area contributed by atoms with Crippen molar-refractivity contribution in [2.75, 3.05) is 6.54 Å². The summed E-state index contributed by atoms with van der Waals surface area (Å²) in [6, 6.07) is 14.6. The summed E-state index contributed by atoms with van der Waals surface area (Å²) in [5.41, 5.74) is 1.27. The van der Waals surface area contributed by atoms with Gasteiger partial charge >= 0.3 is 12.5 Å². The van der Waals surface area contributed by atoms with Gasteiger partial charge in [0.25, 0.3) is 0 Å². The first-order chi connectivity index (χ1) is 12.4. The Morgan fingerprint density at radius 2 is 1.85 bits per heavy atom. The number of hydrogen-bond donors (Lipinski definition) is 1. The monoisotopic (exact) mass is 363 g/mol. The molecule has 0 saturated carbocycles. The maximum atomic E-state index is 12.2. The molecule has 7 heteroatoms. The lowest BCUT2D eigenvalue weighted by atomic mass is 10.2. The van der Waals surface area contributed by atoms with E-state index in [4.69, 9.17) is 4.74 Å². The van der Waals surface area contributed by atoms with Crippen LogP contribution in [0.15, 0.2) is 54.6 Å². The molecule has 0 aliphatic heterocycles. The third-order valence-electron chi connectivity index (χ3n) is 3.03. The highest BCUT2D eigenvalue weighted by molar-refractivity contribution is 5.67. The Hall–Kier alpha value is -3.14. The summed E-state index contributed by atoms with van der Waals surface area (Å²) >= 11 is 0. The van der Waals surface area contributed by atoms with Gasteiger partial charge in [-0.2, -0.15) is 0 Å². The molecule has 0 atom stereocenters. The van der Waals surface area contributed by atoms with Crippen LogP contribution in [0.4, 0.5) is 18.0 Å². The van der Waals surface area contributed by atoms with E-state index >= 15 is 0 Å². The van der Waals surface area contributed by atoms with Crippen molar-refractivity contribution in [3.05, 3.63) is 65.7 Å². The zero-order valence-electron chi connectivity index (χ0n) is 13.7. The number of alkyl halides is 3.